The van der Waals surface area contributed by atoms with Crippen molar-refractivity contribution >= 4 is 23.7 Å². The Bertz CT molecular complexity index is 509. The topological polar surface area (TPSA) is 97.9 Å². The number of urea groups is 1. The number of ether oxygens (including phenoxy) is 3. The van der Waals surface area contributed by atoms with Gasteiger partial charge in [0.2, 0.25) is 5.91 Å². The van der Waals surface area contributed by atoms with Crippen LogP contribution in [0.5, 0.6) is 0 Å². The maximum absolute atomic E-state index is 11.9. The van der Waals surface area contributed by atoms with Gasteiger partial charge in [-0.2, -0.15) is 11.8 Å². The summed E-state index contributed by atoms with van der Waals surface area (Å²) in [6.45, 7) is 8.43. The minimum atomic E-state index is -0.0467. The van der Waals surface area contributed by atoms with Crippen molar-refractivity contribution in [3.8, 4) is 0 Å². The van der Waals surface area contributed by atoms with Crippen molar-refractivity contribution < 1.29 is 23.8 Å². The lowest BCUT2D eigenvalue weighted by Gasteiger charge is -2.16. The molecule has 30 heavy (non-hydrogen) atoms. The summed E-state index contributed by atoms with van der Waals surface area (Å²) in [5.41, 5.74) is 0. The molecule has 0 aromatic rings. The minimum Gasteiger partial charge on any atom is -0.379 e. The number of carbonyl (C=O) groups is 2. The molecule has 0 bridgehead atoms. The first-order valence-electron chi connectivity index (χ1n) is 11.2. The van der Waals surface area contributed by atoms with Gasteiger partial charge in [0.05, 0.1) is 45.1 Å². The average molecular weight is 446 g/mol. The molecule has 174 valence electrons. The zero-order valence-electron chi connectivity index (χ0n) is 18.5. The van der Waals surface area contributed by atoms with Gasteiger partial charge in [-0.1, -0.05) is 20.3 Å². The molecule has 2 aliphatic heterocycles. The zero-order valence-corrected chi connectivity index (χ0v) is 19.3. The van der Waals surface area contributed by atoms with Gasteiger partial charge in [-0.05, 0) is 25.2 Å². The number of fused-ring (bicyclic) bond motifs is 1. The molecule has 2 fully saturated rings. The van der Waals surface area contributed by atoms with Crippen molar-refractivity contribution in [2.75, 3.05) is 51.9 Å². The molecule has 0 aromatic heterocycles. The highest BCUT2D eigenvalue weighted by molar-refractivity contribution is 8.00. The molecular weight excluding hydrogens is 406 g/mol. The predicted molar refractivity (Wildman–Crippen MR) is 119 cm³/mol. The summed E-state index contributed by atoms with van der Waals surface area (Å²) in [5, 5.41) is 9.30. The number of nitrogens with one attached hydrogen (secondary N) is 3. The van der Waals surface area contributed by atoms with Crippen LogP contribution in [0.3, 0.4) is 0 Å². The van der Waals surface area contributed by atoms with Crippen molar-refractivity contribution in [1.29, 1.82) is 0 Å². The molecule has 2 saturated heterocycles. The Balaban J connectivity index is 1.32. The fourth-order valence-electron chi connectivity index (χ4n) is 3.49. The summed E-state index contributed by atoms with van der Waals surface area (Å²) in [6, 6.07) is 0.466. The van der Waals surface area contributed by atoms with E-state index in [2.05, 4.69) is 29.8 Å². The number of unbranched alkanes of at least 4 members (excludes halogenated alkanes) is 1. The number of amides is 3. The van der Waals surface area contributed by atoms with Crippen molar-refractivity contribution in [2.45, 2.75) is 63.3 Å². The minimum absolute atomic E-state index is 0.0467. The van der Waals surface area contributed by atoms with E-state index in [1.165, 1.54) is 0 Å². The van der Waals surface area contributed by atoms with Crippen molar-refractivity contribution in [3.63, 3.8) is 0 Å². The monoisotopic (exact) mass is 445 g/mol. The Morgan fingerprint density at radius 1 is 1.07 bits per heavy atom. The van der Waals surface area contributed by atoms with E-state index < -0.39 is 0 Å². The Morgan fingerprint density at radius 3 is 2.50 bits per heavy atom. The summed E-state index contributed by atoms with van der Waals surface area (Å²) in [7, 11) is 0. The third-order valence-electron chi connectivity index (χ3n) is 5.23. The fourth-order valence-corrected chi connectivity index (χ4v) is 5.03. The van der Waals surface area contributed by atoms with Gasteiger partial charge in [-0.3, -0.25) is 4.79 Å². The van der Waals surface area contributed by atoms with Crippen LogP contribution in [0.2, 0.25) is 0 Å². The zero-order chi connectivity index (χ0) is 21.6. The molecular formula is C21H39N3O5S. The fraction of sp³-hybridized carbons (Fsp3) is 0.905. The first-order valence-corrected chi connectivity index (χ1v) is 12.3. The number of carbonyl (C=O) groups excluding carboxylic acids is 2. The van der Waals surface area contributed by atoms with Gasteiger partial charge in [0, 0.05) is 30.6 Å². The molecule has 2 rings (SSSR count). The van der Waals surface area contributed by atoms with E-state index in [0.717, 1.165) is 38.0 Å². The Morgan fingerprint density at radius 2 is 1.77 bits per heavy atom. The molecule has 2 heterocycles. The largest absolute Gasteiger partial charge is 0.379 e. The molecule has 0 unspecified atom stereocenters. The standard InChI is InChI=1S/C21H39N3O5S/c1-16(2)7-9-27-11-13-29-14-12-28-10-8-22-19(25)6-4-3-5-18-20-17(15-30-18)23-21(26)24-20/h16-18,20H,3-15H2,1-2H3,(H,22,25)(H2,23,24,26)/t17-,18-,20-/m1/s1. The van der Waals surface area contributed by atoms with Gasteiger partial charge < -0.3 is 30.2 Å². The summed E-state index contributed by atoms with van der Waals surface area (Å²) in [5.74, 6) is 1.71. The van der Waals surface area contributed by atoms with Crippen LogP contribution in [0, 0.1) is 5.92 Å². The van der Waals surface area contributed by atoms with Gasteiger partial charge in [-0.25, -0.2) is 4.79 Å². The average Bonchev–Trinajstić information content (AvgIpc) is 3.25. The molecule has 0 spiro atoms. The van der Waals surface area contributed by atoms with E-state index in [4.69, 9.17) is 14.2 Å². The van der Waals surface area contributed by atoms with Crippen molar-refractivity contribution in [2.24, 2.45) is 5.92 Å². The van der Waals surface area contributed by atoms with Crippen LogP contribution in [0.1, 0.15) is 46.0 Å². The number of thioether (sulfide) groups is 1. The molecule has 0 aliphatic carbocycles. The van der Waals surface area contributed by atoms with Gasteiger partial charge in [0.25, 0.3) is 0 Å². The number of hydrogen-bond donors (Lipinski definition) is 3. The number of hydrogen-bond acceptors (Lipinski definition) is 6. The van der Waals surface area contributed by atoms with Gasteiger partial charge in [-0.15, -0.1) is 0 Å². The highest BCUT2D eigenvalue weighted by atomic mass is 32.2. The van der Waals surface area contributed by atoms with E-state index in [-0.39, 0.29) is 24.0 Å². The first kappa shape index (κ1) is 25.2. The van der Waals surface area contributed by atoms with Crippen LogP contribution in [0.25, 0.3) is 0 Å². The summed E-state index contributed by atoms with van der Waals surface area (Å²) in [4.78, 5) is 23.3. The SMILES string of the molecule is CC(C)CCOCCOCCOCCNC(=O)CCCC[C@H]1SC[C@H]2NC(=O)N[C@H]21. The van der Waals surface area contributed by atoms with Crippen LogP contribution in [0.4, 0.5) is 4.79 Å². The van der Waals surface area contributed by atoms with E-state index in [1.807, 2.05) is 11.8 Å². The maximum atomic E-state index is 11.9. The predicted octanol–water partition coefficient (Wildman–Crippen LogP) is 1.92. The van der Waals surface area contributed by atoms with Gasteiger partial charge >= 0.3 is 6.03 Å². The molecule has 3 N–H and O–H groups in total. The summed E-state index contributed by atoms with van der Waals surface area (Å²) >= 11 is 1.91. The van der Waals surface area contributed by atoms with Crippen LogP contribution in [0.15, 0.2) is 0 Å². The van der Waals surface area contributed by atoms with Crippen molar-refractivity contribution in [3.05, 3.63) is 0 Å². The molecule has 3 amide bonds. The molecule has 0 aromatic carbocycles. The highest BCUT2D eigenvalue weighted by Crippen LogP contribution is 2.33. The quantitative estimate of drug-likeness (QED) is 0.234. The van der Waals surface area contributed by atoms with Crippen LogP contribution < -0.4 is 16.0 Å². The van der Waals surface area contributed by atoms with Crippen LogP contribution in [-0.2, 0) is 19.0 Å². The molecule has 2 aliphatic rings. The smallest absolute Gasteiger partial charge is 0.315 e. The third kappa shape index (κ3) is 10.3. The molecule has 0 radical (unpaired) electrons. The Kier molecular flexibility index (Phi) is 12.5. The number of rotatable bonds is 17. The molecule has 3 atom stereocenters. The maximum Gasteiger partial charge on any atom is 0.315 e. The van der Waals surface area contributed by atoms with E-state index >= 15 is 0 Å². The second-order valence-corrected chi connectivity index (χ2v) is 9.51. The lowest BCUT2D eigenvalue weighted by atomic mass is 10.0. The van der Waals surface area contributed by atoms with E-state index in [9.17, 15) is 9.59 Å². The Hall–Kier alpha value is -1.03. The Labute approximate surface area is 184 Å². The molecule has 0 saturated carbocycles. The first-order chi connectivity index (χ1) is 14.6. The second kappa shape index (κ2) is 14.9. The summed E-state index contributed by atoms with van der Waals surface area (Å²) in [6.07, 6.45) is 4.52. The lowest BCUT2D eigenvalue weighted by Crippen LogP contribution is -2.36. The van der Waals surface area contributed by atoms with Crippen LogP contribution >= 0.6 is 11.8 Å². The van der Waals surface area contributed by atoms with E-state index in [1.54, 1.807) is 0 Å². The van der Waals surface area contributed by atoms with Gasteiger partial charge in [0.15, 0.2) is 0 Å². The normalized spacial score (nSPS) is 22.8. The van der Waals surface area contributed by atoms with Crippen LogP contribution in [-0.4, -0.2) is 81.2 Å². The van der Waals surface area contributed by atoms with Gasteiger partial charge in [0.1, 0.15) is 0 Å². The molecule has 8 nitrogen and oxygen atoms in total. The third-order valence-corrected chi connectivity index (χ3v) is 6.74. The molecule has 9 heteroatoms. The summed E-state index contributed by atoms with van der Waals surface area (Å²) < 4.78 is 16.4. The highest BCUT2D eigenvalue weighted by Gasteiger charge is 2.42. The van der Waals surface area contributed by atoms with Crippen molar-refractivity contribution in [1.82, 2.24) is 16.0 Å². The van der Waals surface area contributed by atoms with E-state index in [0.29, 0.717) is 57.2 Å². The lowest BCUT2D eigenvalue weighted by molar-refractivity contribution is -0.121. The second-order valence-electron chi connectivity index (χ2n) is 8.24.